The van der Waals surface area contributed by atoms with E-state index in [-0.39, 0.29) is 23.3 Å². The zero-order chi connectivity index (χ0) is 27.3. The fraction of sp³-hybridized carbons (Fsp3) is 0.348. The van der Waals surface area contributed by atoms with Crippen LogP contribution in [0.4, 0.5) is 0 Å². The molecule has 38 heavy (non-hydrogen) atoms. The number of rotatable bonds is 11. The smallest absolute Gasteiger partial charge is 0.245 e. The summed E-state index contributed by atoms with van der Waals surface area (Å²) in [5.74, 6) is 0.438. The van der Waals surface area contributed by atoms with Gasteiger partial charge in [0.2, 0.25) is 17.6 Å². The van der Waals surface area contributed by atoms with Gasteiger partial charge in [-0.3, -0.25) is 14.5 Å². The van der Waals surface area contributed by atoms with Gasteiger partial charge in [0.1, 0.15) is 18.2 Å². The second kappa shape index (κ2) is 11.4. The van der Waals surface area contributed by atoms with Crippen molar-refractivity contribution in [1.29, 1.82) is 0 Å². The minimum atomic E-state index is -3.91. The fourth-order valence-corrected chi connectivity index (χ4v) is 5.23. The zero-order valence-electron chi connectivity index (χ0n) is 21.3. The molecule has 0 aliphatic heterocycles. The van der Waals surface area contributed by atoms with Crippen molar-refractivity contribution in [1.82, 2.24) is 39.7 Å². The topological polar surface area (TPSA) is 166 Å². The summed E-state index contributed by atoms with van der Waals surface area (Å²) in [6.07, 6.45) is 6.36. The van der Waals surface area contributed by atoms with Crippen LogP contribution in [-0.2, 0) is 20.3 Å². The number of sulfone groups is 1. The van der Waals surface area contributed by atoms with Gasteiger partial charge >= 0.3 is 0 Å². The minimum Gasteiger partial charge on any atom is -0.480 e. The van der Waals surface area contributed by atoms with E-state index in [0.29, 0.717) is 23.0 Å². The van der Waals surface area contributed by atoms with E-state index in [1.54, 1.807) is 24.5 Å². The SMILES string of the molecule is COc1cnc([C@H](OC)[C@@H](C)S(=O)(=O)Cc2nnc(-c3cccnc3)n2-c2c(OC)ncnc2OC)cn1. The molecule has 200 valence electrons. The molecule has 14 nitrogen and oxygen atoms in total. The van der Waals surface area contributed by atoms with E-state index in [9.17, 15) is 8.42 Å². The van der Waals surface area contributed by atoms with Crippen molar-refractivity contribution >= 4 is 9.84 Å². The molecule has 0 saturated carbocycles. The molecule has 4 heterocycles. The van der Waals surface area contributed by atoms with Crippen LogP contribution in [0.3, 0.4) is 0 Å². The summed E-state index contributed by atoms with van der Waals surface area (Å²) < 4.78 is 50.3. The van der Waals surface area contributed by atoms with Gasteiger partial charge in [0.15, 0.2) is 27.2 Å². The van der Waals surface area contributed by atoms with Gasteiger partial charge in [0.25, 0.3) is 0 Å². The molecule has 2 atom stereocenters. The van der Waals surface area contributed by atoms with Gasteiger partial charge in [-0.15, -0.1) is 10.2 Å². The molecule has 0 spiro atoms. The lowest BCUT2D eigenvalue weighted by Crippen LogP contribution is -2.29. The Hall–Kier alpha value is -4.24. The lowest BCUT2D eigenvalue weighted by molar-refractivity contribution is 0.0982. The third kappa shape index (κ3) is 5.24. The summed E-state index contributed by atoms with van der Waals surface area (Å²) in [6, 6.07) is 3.49. The van der Waals surface area contributed by atoms with Crippen LogP contribution in [0.25, 0.3) is 17.1 Å². The number of nitrogens with zero attached hydrogens (tertiary/aromatic N) is 8. The molecule has 0 unspecified atom stereocenters. The summed E-state index contributed by atoms with van der Waals surface area (Å²) in [4.78, 5) is 20.8. The maximum absolute atomic E-state index is 13.7. The first-order chi connectivity index (χ1) is 18.3. The van der Waals surface area contributed by atoms with E-state index in [1.807, 2.05) is 0 Å². The first-order valence-corrected chi connectivity index (χ1v) is 12.9. The van der Waals surface area contributed by atoms with Crippen molar-refractivity contribution in [2.45, 2.75) is 24.0 Å². The second-order valence-corrected chi connectivity index (χ2v) is 10.3. The Morgan fingerprint density at radius 2 is 1.66 bits per heavy atom. The van der Waals surface area contributed by atoms with Crippen LogP contribution in [0.15, 0.2) is 43.2 Å². The number of hydrogen-bond acceptors (Lipinski definition) is 13. The van der Waals surface area contributed by atoms with Crippen molar-refractivity contribution in [2.24, 2.45) is 0 Å². The van der Waals surface area contributed by atoms with Gasteiger partial charge in [-0.2, -0.15) is 9.97 Å². The van der Waals surface area contributed by atoms with Crippen LogP contribution < -0.4 is 14.2 Å². The highest BCUT2D eigenvalue weighted by Gasteiger charge is 2.35. The van der Waals surface area contributed by atoms with Crippen molar-refractivity contribution in [3.63, 3.8) is 0 Å². The van der Waals surface area contributed by atoms with E-state index in [2.05, 4.69) is 35.1 Å². The van der Waals surface area contributed by atoms with Gasteiger partial charge < -0.3 is 18.9 Å². The Balaban J connectivity index is 1.80. The molecular weight excluding hydrogens is 516 g/mol. The maximum atomic E-state index is 13.7. The Morgan fingerprint density at radius 3 is 2.21 bits per heavy atom. The van der Waals surface area contributed by atoms with E-state index in [1.165, 1.54) is 58.7 Å². The molecule has 4 aromatic heterocycles. The first-order valence-electron chi connectivity index (χ1n) is 11.2. The van der Waals surface area contributed by atoms with Crippen LogP contribution in [-0.4, -0.2) is 81.8 Å². The summed E-state index contributed by atoms with van der Waals surface area (Å²) in [5, 5.41) is 7.47. The van der Waals surface area contributed by atoms with Gasteiger partial charge in [-0.1, -0.05) is 0 Å². The average molecular weight is 543 g/mol. The van der Waals surface area contributed by atoms with Gasteiger partial charge in [0.05, 0.1) is 44.7 Å². The van der Waals surface area contributed by atoms with E-state index in [4.69, 9.17) is 18.9 Å². The van der Waals surface area contributed by atoms with E-state index < -0.39 is 26.9 Å². The highest BCUT2D eigenvalue weighted by Crippen LogP contribution is 2.34. The van der Waals surface area contributed by atoms with E-state index in [0.717, 1.165) is 0 Å². The van der Waals surface area contributed by atoms with Crippen molar-refractivity contribution in [3.8, 4) is 34.7 Å². The zero-order valence-corrected chi connectivity index (χ0v) is 22.2. The molecule has 0 saturated heterocycles. The number of methoxy groups -OCH3 is 4. The molecule has 4 rings (SSSR count). The molecule has 15 heteroatoms. The van der Waals surface area contributed by atoms with Gasteiger partial charge in [-0.25, -0.2) is 13.4 Å². The molecule has 0 radical (unpaired) electrons. The van der Waals surface area contributed by atoms with Crippen LogP contribution in [0.2, 0.25) is 0 Å². The molecular formula is C23H26N8O6S. The standard InChI is InChI=1S/C23H26N8O6S/c1-14(20(35-3)16-10-26-18(34-2)11-25-16)38(32,33)12-17-29-30-21(15-7-6-8-24-9-15)31(17)19-22(36-4)27-13-28-23(19)37-5/h6-11,13-14,20H,12H2,1-5H3/t14-,20-/m1/s1. The van der Waals surface area contributed by atoms with Gasteiger partial charge in [0, 0.05) is 25.1 Å². The third-order valence-corrected chi connectivity index (χ3v) is 7.78. The lowest BCUT2D eigenvalue weighted by Gasteiger charge is -2.22. The maximum Gasteiger partial charge on any atom is 0.245 e. The molecule has 0 aliphatic rings. The summed E-state index contributed by atoms with van der Waals surface area (Å²) in [6.45, 7) is 1.53. The third-order valence-electron chi connectivity index (χ3n) is 5.74. The summed E-state index contributed by atoms with van der Waals surface area (Å²) in [7, 11) is 1.81. The highest BCUT2D eigenvalue weighted by atomic mass is 32.2. The summed E-state index contributed by atoms with van der Waals surface area (Å²) in [5.41, 5.74) is 1.15. The molecule has 0 N–H and O–H groups in total. The van der Waals surface area contributed by atoms with Crippen molar-refractivity contribution in [2.75, 3.05) is 28.4 Å². The quantitative estimate of drug-likeness (QED) is 0.268. The van der Waals surface area contributed by atoms with E-state index >= 15 is 0 Å². The lowest BCUT2D eigenvalue weighted by atomic mass is 10.2. The molecule has 0 aromatic carbocycles. The monoisotopic (exact) mass is 542 g/mol. The van der Waals surface area contributed by atoms with Crippen LogP contribution >= 0.6 is 0 Å². The number of aromatic nitrogens is 8. The molecule has 4 aromatic rings. The Morgan fingerprint density at radius 1 is 0.921 bits per heavy atom. The summed E-state index contributed by atoms with van der Waals surface area (Å²) >= 11 is 0. The van der Waals surface area contributed by atoms with Crippen LogP contribution in [0, 0.1) is 0 Å². The van der Waals surface area contributed by atoms with Crippen LogP contribution in [0.5, 0.6) is 17.6 Å². The predicted molar refractivity (Wildman–Crippen MR) is 134 cm³/mol. The molecule has 0 amide bonds. The Labute approximate surface area is 219 Å². The number of hydrogen-bond donors (Lipinski definition) is 0. The molecule has 0 fully saturated rings. The minimum absolute atomic E-state index is 0.0813. The van der Waals surface area contributed by atoms with Gasteiger partial charge in [-0.05, 0) is 19.1 Å². The second-order valence-electron chi connectivity index (χ2n) is 7.91. The normalized spacial score (nSPS) is 13.1. The highest BCUT2D eigenvalue weighted by molar-refractivity contribution is 7.91. The molecule has 0 aliphatic carbocycles. The number of pyridine rings is 1. The average Bonchev–Trinajstić information content (AvgIpc) is 3.35. The van der Waals surface area contributed by atoms with Crippen molar-refractivity contribution < 1.29 is 27.4 Å². The Bertz CT molecular complexity index is 1460. The molecule has 0 bridgehead atoms. The fourth-order valence-electron chi connectivity index (χ4n) is 3.80. The Kier molecular flexibility index (Phi) is 8.07. The predicted octanol–water partition coefficient (Wildman–Crippen LogP) is 1.63. The largest absolute Gasteiger partial charge is 0.480 e. The van der Waals surface area contributed by atoms with Crippen molar-refractivity contribution in [3.05, 3.63) is 54.8 Å². The first kappa shape index (κ1) is 26.8. The number of ether oxygens (including phenoxy) is 4. The van der Waals surface area contributed by atoms with Crippen LogP contribution in [0.1, 0.15) is 24.5 Å².